The molecule has 3 aliphatic heterocycles. The molecule has 0 bridgehead atoms. The molecule has 8 nitrogen and oxygen atoms in total. The van der Waals surface area contributed by atoms with Crippen molar-refractivity contribution in [2.24, 2.45) is 10.9 Å². The number of rotatable bonds is 4. The van der Waals surface area contributed by atoms with Crippen LogP contribution in [0, 0.1) is 5.92 Å². The molecule has 2 N–H and O–H groups in total. The summed E-state index contributed by atoms with van der Waals surface area (Å²) < 4.78 is 16.0. The van der Waals surface area contributed by atoms with Gasteiger partial charge in [0.15, 0.2) is 11.4 Å². The first-order chi connectivity index (χ1) is 15.1. The van der Waals surface area contributed by atoms with Gasteiger partial charge in [-0.05, 0) is 25.5 Å². The van der Waals surface area contributed by atoms with Crippen LogP contribution in [0.1, 0.15) is 25.3 Å². The molecular weight excluding hydrogens is 461 g/mol. The van der Waals surface area contributed by atoms with Crippen molar-refractivity contribution >= 4 is 40.7 Å². The Balaban J connectivity index is 1.87. The van der Waals surface area contributed by atoms with Gasteiger partial charge in [0.05, 0.1) is 30.4 Å². The minimum atomic E-state index is -2.07. The molecule has 3 heterocycles. The van der Waals surface area contributed by atoms with Crippen molar-refractivity contribution in [3.05, 3.63) is 45.1 Å². The van der Waals surface area contributed by atoms with Gasteiger partial charge in [0.25, 0.3) is 0 Å². The van der Waals surface area contributed by atoms with Crippen LogP contribution in [0.3, 0.4) is 0 Å². The Morgan fingerprint density at radius 2 is 1.97 bits per heavy atom. The van der Waals surface area contributed by atoms with E-state index in [0.29, 0.717) is 17.0 Å². The number of hydrogen-bond acceptors (Lipinski definition) is 8. The lowest BCUT2D eigenvalue weighted by atomic mass is 9.71. The zero-order valence-electron chi connectivity index (χ0n) is 17.7. The largest absolute Gasteiger partial charge is 0.468 e. The summed E-state index contributed by atoms with van der Waals surface area (Å²) >= 11 is 12.7. The van der Waals surface area contributed by atoms with E-state index < -0.39 is 47.5 Å². The number of aliphatic imine (C=N–C) groups is 1. The second-order valence-corrected chi connectivity index (χ2v) is 9.01. The Labute approximate surface area is 194 Å². The van der Waals surface area contributed by atoms with Gasteiger partial charge in [-0.2, -0.15) is 0 Å². The Kier molecular flexibility index (Phi) is 6.21. The molecule has 4 rings (SSSR count). The summed E-state index contributed by atoms with van der Waals surface area (Å²) in [5, 5.41) is 21.9. The summed E-state index contributed by atoms with van der Waals surface area (Å²) in [7, 11) is 1.25. The number of Topliss-reactive ketones (excluding diaryl/α,β-unsaturated/α-hetero) is 1. The minimum absolute atomic E-state index is 0.0610. The van der Waals surface area contributed by atoms with Gasteiger partial charge in [0.2, 0.25) is 0 Å². The van der Waals surface area contributed by atoms with Gasteiger partial charge in [-0.15, -0.1) is 0 Å². The van der Waals surface area contributed by atoms with E-state index in [1.165, 1.54) is 7.11 Å². The lowest BCUT2D eigenvalue weighted by Crippen LogP contribution is -2.53. The number of allylic oxidation sites excluding steroid dienone is 1. The maximum Gasteiger partial charge on any atom is 0.315 e. The van der Waals surface area contributed by atoms with Gasteiger partial charge in [0.1, 0.15) is 24.2 Å². The maximum absolute atomic E-state index is 13.9. The fraction of sp³-hybridized carbons (Fsp3) is 0.500. The first-order valence-electron chi connectivity index (χ1n) is 10.1. The van der Waals surface area contributed by atoms with E-state index in [1.807, 2.05) is 0 Å². The maximum atomic E-state index is 13.9. The normalized spacial score (nSPS) is 34.3. The van der Waals surface area contributed by atoms with Gasteiger partial charge >= 0.3 is 5.97 Å². The molecule has 3 aliphatic rings. The number of hydrogen-bond donors (Lipinski definition) is 2. The first-order valence-corrected chi connectivity index (χ1v) is 10.8. The first kappa shape index (κ1) is 23.4. The van der Waals surface area contributed by atoms with Crippen molar-refractivity contribution in [1.29, 1.82) is 0 Å². The molecule has 172 valence electrons. The third kappa shape index (κ3) is 3.50. The van der Waals surface area contributed by atoms with Gasteiger partial charge in [0, 0.05) is 22.9 Å². The smallest absolute Gasteiger partial charge is 0.315 e. The van der Waals surface area contributed by atoms with Crippen molar-refractivity contribution in [2.45, 2.75) is 43.7 Å². The number of nitrogens with zero attached hydrogens (tertiary/aromatic N) is 1. The van der Waals surface area contributed by atoms with Crippen molar-refractivity contribution in [2.75, 3.05) is 20.3 Å². The van der Waals surface area contributed by atoms with Crippen LogP contribution >= 0.6 is 23.2 Å². The molecular formula is C22H23Cl2NO7. The lowest BCUT2D eigenvalue weighted by molar-refractivity contribution is -0.145. The minimum Gasteiger partial charge on any atom is -0.468 e. The molecule has 1 aromatic rings. The topological polar surface area (TPSA) is 115 Å². The van der Waals surface area contributed by atoms with E-state index in [0.717, 1.165) is 0 Å². The van der Waals surface area contributed by atoms with Crippen LogP contribution in [0.15, 0.2) is 34.5 Å². The number of fused-ring (bicyclic) bond motifs is 1. The van der Waals surface area contributed by atoms with Crippen LogP contribution in [-0.4, -0.2) is 71.9 Å². The predicted molar refractivity (Wildman–Crippen MR) is 116 cm³/mol. The molecule has 0 spiro atoms. The highest BCUT2D eigenvalue weighted by atomic mass is 35.5. The third-order valence-electron chi connectivity index (χ3n) is 6.33. The predicted octanol–water partition coefficient (Wildman–Crippen LogP) is 2.07. The number of ether oxygens (including phenoxy) is 3. The number of carbonyl (C=O) groups excluding carboxylic acids is 2. The number of ketones is 1. The van der Waals surface area contributed by atoms with E-state index in [2.05, 4.69) is 4.99 Å². The van der Waals surface area contributed by atoms with E-state index in [9.17, 15) is 19.8 Å². The molecule has 10 heteroatoms. The van der Waals surface area contributed by atoms with Crippen LogP contribution in [0.4, 0.5) is 0 Å². The van der Waals surface area contributed by atoms with Crippen molar-refractivity contribution < 1.29 is 34.0 Å². The summed E-state index contributed by atoms with van der Waals surface area (Å²) in [5.74, 6) is -3.18. The van der Waals surface area contributed by atoms with Crippen LogP contribution in [0.2, 0.25) is 10.0 Å². The summed E-state index contributed by atoms with van der Waals surface area (Å²) in [4.78, 5) is 31.1. The fourth-order valence-electron chi connectivity index (χ4n) is 4.80. The molecule has 1 aromatic carbocycles. The van der Waals surface area contributed by atoms with Crippen LogP contribution in [0.5, 0.6) is 0 Å². The molecule has 2 unspecified atom stereocenters. The Morgan fingerprint density at radius 1 is 1.25 bits per heavy atom. The van der Waals surface area contributed by atoms with Crippen molar-refractivity contribution in [1.82, 2.24) is 0 Å². The van der Waals surface area contributed by atoms with E-state index in [1.54, 1.807) is 32.0 Å². The molecule has 2 saturated heterocycles. The van der Waals surface area contributed by atoms with Gasteiger partial charge < -0.3 is 24.4 Å². The highest BCUT2D eigenvalue weighted by molar-refractivity contribution is 6.42. The van der Waals surface area contributed by atoms with Gasteiger partial charge in [-0.3, -0.25) is 14.6 Å². The molecule has 0 aromatic heterocycles. The zero-order valence-corrected chi connectivity index (χ0v) is 19.2. The quantitative estimate of drug-likeness (QED) is 0.629. The molecule has 0 amide bonds. The Morgan fingerprint density at radius 3 is 2.66 bits per heavy atom. The number of benzene rings is 1. The van der Waals surface area contributed by atoms with Crippen LogP contribution in [0.25, 0.3) is 0 Å². The second kappa shape index (κ2) is 8.52. The summed E-state index contributed by atoms with van der Waals surface area (Å²) in [6, 6.07) is 4.93. The Hall–Kier alpha value is -1.81. The average Bonchev–Trinajstić information content (AvgIpc) is 3.30. The standard InChI is InChI=1S/C22H23Cl2NO7/c1-9-14(19(27)22(29)8-32-18-13(26)7-31-20(18)22)16(11-5-4-6-12(23)17(11)24)15(10(2)25-9)21(28)30-3/h4-6,13,15-16,18,20,26,29H,7-8H2,1-3H3/t13-,15?,16?,18+,20-,22-/m0/s1. The third-order valence-corrected chi connectivity index (χ3v) is 7.16. The number of aliphatic hydroxyl groups is 2. The van der Waals surface area contributed by atoms with E-state index >= 15 is 0 Å². The SMILES string of the molecule is COC(=O)C1C(C)=NC(C)=C(C(=O)[C@@]2(O)CO[C@@H]3[C@@H](O)CO[C@@H]32)C1c1cccc(Cl)c1Cl. The average molecular weight is 484 g/mol. The number of aliphatic hydroxyl groups excluding tert-OH is 1. The monoisotopic (exact) mass is 483 g/mol. The fourth-order valence-corrected chi connectivity index (χ4v) is 5.22. The molecule has 32 heavy (non-hydrogen) atoms. The summed E-state index contributed by atoms with van der Waals surface area (Å²) in [6.07, 6.45) is -2.84. The number of carbonyl (C=O) groups is 2. The molecule has 0 aliphatic carbocycles. The lowest BCUT2D eigenvalue weighted by Gasteiger charge is -2.35. The van der Waals surface area contributed by atoms with Gasteiger partial charge in [-0.25, -0.2) is 0 Å². The molecule has 0 saturated carbocycles. The van der Waals surface area contributed by atoms with E-state index in [-0.39, 0.29) is 28.8 Å². The van der Waals surface area contributed by atoms with Gasteiger partial charge in [-0.1, -0.05) is 35.3 Å². The van der Waals surface area contributed by atoms with E-state index in [4.69, 9.17) is 37.4 Å². The van der Waals surface area contributed by atoms with Crippen LogP contribution < -0.4 is 0 Å². The molecule has 6 atom stereocenters. The molecule has 0 radical (unpaired) electrons. The number of esters is 1. The van der Waals surface area contributed by atoms with Crippen molar-refractivity contribution in [3.8, 4) is 0 Å². The highest BCUT2D eigenvalue weighted by Crippen LogP contribution is 2.47. The van der Waals surface area contributed by atoms with Crippen LogP contribution in [-0.2, 0) is 23.8 Å². The Bertz CT molecular complexity index is 1040. The zero-order chi connectivity index (χ0) is 23.4. The summed E-state index contributed by atoms with van der Waals surface area (Å²) in [5.41, 5.74) is -0.787. The number of methoxy groups -OCH3 is 1. The second-order valence-electron chi connectivity index (χ2n) is 8.22. The number of halogens is 2. The summed E-state index contributed by atoms with van der Waals surface area (Å²) in [6.45, 7) is 2.86. The van der Waals surface area contributed by atoms with Crippen molar-refractivity contribution in [3.63, 3.8) is 0 Å². The molecule has 2 fully saturated rings. The highest BCUT2D eigenvalue weighted by Gasteiger charge is 2.61.